The predicted octanol–water partition coefficient (Wildman–Crippen LogP) is 2.57. The monoisotopic (exact) mass is 360 g/mol. The molecule has 1 heterocycles. The molecule has 0 radical (unpaired) electrons. The Bertz CT molecular complexity index is 848. The second-order valence-electron chi connectivity index (χ2n) is 6.25. The van der Waals surface area contributed by atoms with Crippen molar-refractivity contribution < 1.29 is 8.42 Å². The number of hydrogen-bond donors (Lipinski definition) is 2. The van der Waals surface area contributed by atoms with Gasteiger partial charge in [-0.2, -0.15) is 0 Å². The van der Waals surface area contributed by atoms with E-state index in [1.165, 1.54) is 18.4 Å². The summed E-state index contributed by atoms with van der Waals surface area (Å²) in [7, 11) is -3.40. The molecule has 0 unspecified atom stereocenters. The van der Waals surface area contributed by atoms with Crippen LogP contribution in [0.4, 0.5) is 5.82 Å². The van der Waals surface area contributed by atoms with E-state index in [4.69, 9.17) is 0 Å². The normalized spacial score (nSPS) is 14.2. The molecule has 6 nitrogen and oxygen atoms in total. The lowest BCUT2D eigenvalue weighted by atomic mass is 9.96. The standard InChI is InChI=1S/C18H24N4O2S/c1-3-20-25(23,24)15-10-8-14(9-11-15)12-19-18-16-6-4-5-7-17(16)21-13(2)22-18/h8-11,20H,3-7,12H2,1-2H3,(H,19,21,22). The fraction of sp³-hybridized carbons (Fsp3) is 0.444. The van der Waals surface area contributed by atoms with Gasteiger partial charge in [0.2, 0.25) is 10.0 Å². The van der Waals surface area contributed by atoms with Gasteiger partial charge in [0.1, 0.15) is 11.6 Å². The Hall–Kier alpha value is -1.99. The summed E-state index contributed by atoms with van der Waals surface area (Å²) >= 11 is 0. The summed E-state index contributed by atoms with van der Waals surface area (Å²) < 4.78 is 26.4. The molecule has 0 amide bonds. The molecule has 25 heavy (non-hydrogen) atoms. The van der Waals surface area contributed by atoms with E-state index in [0.29, 0.717) is 13.1 Å². The van der Waals surface area contributed by atoms with Crippen LogP contribution in [-0.2, 0) is 29.4 Å². The minimum atomic E-state index is -3.40. The van der Waals surface area contributed by atoms with Crippen LogP contribution in [0.15, 0.2) is 29.2 Å². The third-order valence-electron chi connectivity index (χ3n) is 4.32. The van der Waals surface area contributed by atoms with Crippen molar-refractivity contribution in [3.05, 3.63) is 46.9 Å². The van der Waals surface area contributed by atoms with E-state index < -0.39 is 10.0 Å². The zero-order valence-corrected chi connectivity index (χ0v) is 15.5. The van der Waals surface area contributed by atoms with E-state index >= 15 is 0 Å². The molecular weight excluding hydrogens is 336 g/mol. The van der Waals surface area contributed by atoms with Gasteiger partial charge in [0.25, 0.3) is 0 Å². The Morgan fingerprint density at radius 3 is 2.52 bits per heavy atom. The summed E-state index contributed by atoms with van der Waals surface area (Å²) in [4.78, 5) is 9.40. The number of nitrogens with one attached hydrogen (secondary N) is 2. The summed E-state index contributed by atoms with van der Waals surface area (Å²) in [6.45, 7) is 4.66. The van der Waals surface area contributed by atoms with Gasteiger partial charge in [-0.05, 0) is 50.3 Å². The number of aromatic nitrogens is 2. The minimum Gasteiger partial charge on any atom is -0.366 e. The molecule has 2 aromatic rings. The lowest BCUT2D eigenvalue weighted by Crippen LogP contribution is -2.23. The topological polar surface area (TPSA) is 84.0 Å². The quantitative estimate of drug-likeness (QED) is 0.827. The molecule has 0 saturated heterocycles. The maximum Gasteiger partial charge on any atom is 0.240 e. The van der Waals surface area contributed by atoms with E-state index in [0.717, 1.165) is 35.7 Å². The molecule has 134 valence electrons. The maximum atomic E-state index is 12.0. The number of nitrogens with zero attached hydrogens (tertiary/aromatic N) is 2. The zero-order valence-electron chi connectivity index (χ0n) is 14.7. The van der Waals surface area contributed by atoms with Gasteiger partial charge in [-0.25, -0.2) is 23.1 Å². The van der Waals surface area contributed by atoms with Crippen molar-refractivity contribution >= 4 is 15.8 Å². The summed E-state index contributed by atoms with van der Waals surface area (Å²) in [5.74, 6) is 1.70. The summed E-state index contributed by atoms with van der Waals surface area (Å²) in [6, 6.07) is 6.93. The van der Waals surface area contributed by atoms with E-state index in [9.17, 15) is 8.42 Å². The Morgan fingerprint density at radius 2 is 1.80 bits per heavy atom. The molecule has 0 saturated carbocycles. The molecule has 0 aliphatic heterocycles. The van der Waals surface area contributed by atoms with E-state index in [1.807, 2.05) is 19.1 Å². The summed E-state index contributed by atoms with van der Waals surface area (Å²) in [5, 5.41) is 3.40. The second-order valence-corrected chi connectivity index (χ2v) is 8.02. The fourth-order valence-electron chi connectivity index (χ4n) is 3.11. The molecule has 1 aromatic carbocycles. The van der Waals surface area contributed by atoms with Gasteiger partial charge in [-0.15, -0.1) is 0 Å². The molecule has 1 aromatic heterocycles. The first kappa shape index (κ1) is 17.8. The van der Waals surface area contributed by atoms with Crippen LogP contribution < -0.4 is 10.0 Å². The largest absolute Gasteiger partial charge is 0.366 e. The smallest absolute Gasteiger partial charge is 0.240 e. The minimum absolute atomic E-state index is 0.286. The molecule has 7 heteroatoms. The van der Waals surface area contributed by atoms with Crippen molar-refractivity contribution in [3.8, 4) is 0 Å². The van der Waals surface area contributed by atoms with Gasteiger partial charge in [0, 0.05) is 24.3 Å². The maximum absolute atomic E-state index is 12.0. The van der Waals surface area contributed by atoms with Crippen molar-refractivity contribution in [2.75, 3.05) is 11.9 Å². The molecule has 2 N–H and O–H groups in total. The summed E-state index contributed by atoms with van der Waals surface area (Å²) in [6.07, 6.45) is 4.39. The van der Waals surface area contributed by atoms with Gasteiger partial charge >= 0.3 is 0 Å². The number of anilines is 1. The van der Waals surface area contributed by atoms with Crippen LogP contribution in [-0.4, -0.2) is 24.9 Å². The van der Waals surface area contributed by atoms with Gasteiger partial charge in [0.15, 0.2) is 0 Å². The highest BCUT2D eigenvalue weighted by Crippen LogP contribution is 2.25. The van der Waals surface area contributed by atoms with Crippen molar-refractivity contribution in [1.82, 2.24) is 14.7 Å². The van der Waals surface area contributed by atoms with Crippen LogP contribution >= 0.6 is 0 Å². The van der Waals surface area contributed by atoms with Gasteiger partial charge < -0.3 is 5.32 Å². The van der Waals surface area contributed by atoms with Crippen LogP contribution in [0.2, 0.25) is 0 Å². The van der Waals surface area contributed by atoms with Crippen molar-refractivity contribution in [2.24, 2.45) is 0 Å². The lowest BCUT2D eigenvalue weighted by molar-refractivity contribution is 0.584. The SMILES string of the molecule is CCNS(=O)(=O)c1ccc(CNc2nc(C)nc3c2CCCC3)cc1. The van der Waals surface area contributed by atoms with Gasteiger partial charge in [0.05, 0.1) is 4.90 Å². The zero-order chi connectivity index (χ0) is 17.9. The van der Waals surface area contributed by atoms with Crippen LogP contribution in [0.5, 0.6) is 0 Å². The third-order valence-corrected chi connectivity index (χ3v) is 5.88. The van der Waals surface area contributed by atoms with Crippen molar-refractivity contribution in [3.63, 3.8) is 0 Å². The molecule has 1 aliphatic rings. The van der Waals surface area contributed by atoms with Crippen molar-refractivity contribution in [2.45, 2.75) is 51.0 Å². The number of sulfonamides is 1. The fourth-order valence-corrected chi connectivity index (χ4v) is 4.15. The van der Waals surface area contributed by atoms with Gasteiger partial charge in [-0.1, -0.05) is 19.1 Å². The number of aryl methyl sites for hydroxylation is 2. The van der Waals surface area contributed by atoms with E-state index in [1.54, 1.807) is 19.1 Å². The molecule has 1 aliphatic carbocycles. The Morgan fingerprint density at radius 1 is 1.08 bits per heavy atom. The first-order valence-corrected chi connectivity index (χ1v) is 10.2. The van der Waals surface area contributed by atoms with Crippen molar-refractivity contribution in [1.29, 1.82) is 0 Å². The molecule has 3 rings (SSSR count). The lowest BCUT2D eigenvalue weighted by Gasteiger charge is -2.19. The first-order valence-electron chi connectivity index (χ1n) is 8.68. The Balaban J connectivity index is 1.73. The molecule has 0 bridgehead atoms. The van der Waals surface area contributed by atoms with Gasteiger partial charge in [-0.3, -0.25) is 0 Å². The first-order chi connectivity index (χ1) is 12.0. The number of rotatable bonds is 6. The number of benzene rings is 1. The molecular formula is C18H24N4O2S. The second kappa shape index (κ2) is 7.49. The average molecular weight is 360 g/mol. The Kier molecular flexibility index (Phi) is 5.34. The highest BCUT2D eigenvalue weighted by atomic mass is 32.2. The molecule has 0 spiro atoms. The third kappa shape index (κ3) is 4.16. The molecule has 0 atom stereocenters. The predicted molar refractivity (Wildman–Crippen MR) is 98.0 cm³/mol. The average Bonchev–Trinajstić information content (AvgIpc) is 2.60. The number of hydrogen-bond acceptors (Lipinski definition) is 5. The van der Waals surface area contributed by atoms with Crippen LogP contribution in [0.1, 0.15) is 42.4 Å². The Labute approximate surface area is 149 Å². The van der Waals surface area contributed by atoms with Crippen LogP contribution in [0.25, 0.3) is 0 Å². The van der Waals surface area contributed by atoms with Crippen LogP contribution in [0.3, 0.4) is 0 Å². The van der Waals surface area contributed by atoms with Crippen LogP contribution in [0, 0.1) is 6.92 Å². The highest BCUT2D eigenvalue weighted by molar-refractivity contribution is 7.89. The summed E-state index contributed by atoms with van der Waals surface area (Å²) in [5.41, 5.74) is 3.40. The van der Waals surface area contributed by atoms with E-state index in [-0.39, 0.29) is 4.90 Å². The molecule has 0 fully saturated rings. The van der Waals surface area contributed by atoms with E-state index in [2.05, 4.69) is 20.0 Å². The number of fused-ring (bicyclic) bond motifs is 1. The highest BCUT2D eigenvalue weighted by Gasteiger charge is 2.17.